The zero-order valence-corrected chi connectivity index (χ0v) is 10.3. The minimum atomic E-state index is 0.290. The van der Waals surface area contributed by atoms with Gasteiger partial charge in [-0.15, -0.1) is 0 Å². The van der Waals surface area contributed by atoms with E-state index in [0.717, 1.165) is 17.2 Å². The van der Waals surface area contributed by atoms with Gasteiger partial charge in [-0.05, 0) is 38.0 Å². The Labute approximate surface area is 101 Å². The minimum absolute atomic E-state index is 0.290. The van der Waals surface area contributed by atoms with Crippen LogP contribution in [0.5, 0.6) is 0 Å². The second-order valence-corrected chi connectivity index (χ2v) is 4.13. The Kier molecular flexibility index (Phi) is 2.95. The second kappa shape index (κ2) is 4.41. The molecule has 1 aromatic heterocycles. The predicted octanol–water partition coefficient (Wildman–Crippen LogP) is 2.73. The van der Waals surface area contributed by atoms with Crippen molar-refractivity contribution in [2.24, 2.45) is 0 Å². The van der Waals surface area contributed by atoms with E-state index >= 15 is 0 Å². The molecule has 0 aliphatic rings. The van der Waals surface area contributed by atoms with Gasteiger partial charge in [-0.25, -0.2) is 4.98 Å². The average Bonchev–Trinajstić information content (AvgIpc) is 2.23. The van der Waals surface area contributed by atoms with E-state index in [2.05, 4.69) is 35.2 Å². The second-order valence-electron chi connectivity index (χ2n) is 4.13. The van der Waals surface area contributed by atoms with Crippen LogP contribution in [0.1, 0.15) is 16.8 Å². The van der Waals surface area contributed by atoms with Gasteiger partial charge in [0.05, 0.1) is 0 Å². The highest BCUT2D eigenvalue weighted by Crippen LogP contribution is 2.22. The lowest BCUT2D eigenvalue weighted by Gasteiger charge is -2.11. The summed E-state index contributed by atoms with van der Waals surface area (Å²) in [6, 6.07) is 8.00. The fraction of sp³-hybridized carbons (Fsp3) is 0.231. The number of nitrogens with one attached hydrogen (secondary N) is 1. The molecule has 0 aliphatic carbocycles. The molecule has 2 rings (SSSR count). The van der Waals surface area contributed by atoms with Crippen LogP contribution in [-0.4, -0.2) is 9.97 Å². The maximum Gasteiger partial charge on any atom is 0.222 e. The Bertz CT molecular complexity index is 529. The smallest absolute Gasteiger partial charge is 0.222 e. The number of aryl methyl sites for hydroxylation is 2. The first-order chi connectivity index (χ1) is 8.06. The van der Waals surface area contributed by atoms with Gasteiger partial charge < -0.3 is 11.1 Å². The van der Waals surface area contributed by atoms with Gasteiger partial charge in [0.1, 0.15) is 5.82 Å². The van der Waals surface area contributed by atoms with Crippen molar-refractivity contribution in [3.8, 4) is 0 Å². The van der Waals surface area contributed by atoms with Gasteiger partial charge >= 0.3 is 0 Å². The lowest BCUT2D eigenvalue weighted by Crippen LogP contribution is -2.02. The zero-order chi connectivity index (χ0) is 12.4. The molecule has 0 fully saturated rings. The summed E-state index contributed by atoms with van der Waals surface area (Å²) in [7, 11) is 0. The highest BCUT2D eigenvalue weighted by Gasteiger charge is 2.03. The fourth-order valence-electron chi connectivity index (χ4n) is 1.68. The molecule has 17 heavy (non-hydrogen) atoms. The minimum Gasteiger partial charge on any atom is -0.368 e. The van der Waals surface area contributed by atoms with Crippen LogP contribution in [0.3, 0.4) is 0 Å². The van der Waals surface area contributed by atoms with Crippen molar-refractivity contribution in [2.45, 2.75) is 20.8 Å². The molecule has 0 bridgehead atoms. The molecule has 0 saturated heterocycles. The molecule has 0 unspecified atom stereocenters. The lowest BCUT2D eigenvalue weighted by molar-refractivity contribution is 1.12. The number of hydrogen-bond donors (Lipinski definition) is 2. The maximum atomic E-state index is 5.62. The first kappa shape index (κ1) is 11.4. The van der Waals surface area contributed by atoms with Crippen LogP contribution < -0.4 is 11.1 Å². The van der Waals surface area contributed by atoms with Crippen LogP contribution in [0.15, 0.2) is 24.3 Å². The maximum absolute atomic E-state index is 5.62. The van der Waals surface area contributed by atoms with Crippen LogP contribution >= 0.6 is 0 Å². The summed E-state index contributed by atoms with van der Waals surface area (Å²) in [5.74, 6) is 1.02. The number of benzene rings is 1. The van der Waals surface area contributed by atoms with Crippen molar-refractivity contribution in [1.29, 1.82) is 0 Å². The summed E-state index contributed by atoms with van der Waals surface area (Å²) in [5, 5.41) is 3.26. The molecule has 2 aromatic rings. The molecular weight excluding hydrogens is 212 g/mol. The largest absolute Gasteiger partial charge is 0.368 e. The van der Waals surface area contributed by atoms with E-state index < -0.39 is 0 Å². The number of anilines is 3. The molecule has 3 N–H and O–H groups in total. The van der Waals surface area contributed by atoms with Gasteiger partial charge in [0.25, 0.3) is 0 Å². The quantitative estimate of drug-likeness (QED) is 0.829. The molecular formula is C13H16N4. The lowest BCUT2D eigenvalue weighted by atomic mass is 10.1. The summed E-state index contributed by atoms with van der Waals surface area (Å²) < 4.78 is 0. The van der Waals surface area contributed by atoms with Crippen LogP contribution in [-0.2, 0) is 0 Å². The number of hydrogen-bond acceptors (Lipinski definition) is 4. The van der Waals surface area contributed by atoms with E-state index in [-0.39, 0.29) is 5.95 Å². The Hall–Kier alpha value is -2.10. The third-order valence-electron chi connectivity index (χ3n) is 2.74. The highest BCUT2D eigenvalue weighted by atomic mass is 15.1. The standard InChI is InChI=1S/C13H16N4/c1-8-5-4-6-11(10(8)3)16-12-7-9(2)15-13(14)17-12/h4-7H,1-3H3,(H3,14,15,16,17). The van der Waals surface area contributed by atoms with Crippen molar-refractivity contribution < 1.29 is 0 Å². The van der Waals surface area contributed by atoms with E-state index in [1.54, 1.807) is 0 Å². The predicted molar refractivity (Wildman–Crippen MR) is 70.4 cm³/mol. The van der Waals surface area contributed by atoms with E-state index in [1.165, 1.54) is 11.1 Å². The highest BCUT2D eigenvalue weighted by molar-refractivity contribution is 5.62. The Morgan fingerprint density at radius 1 is 1.12 bits per heavy atom. The number of nitrogens with two attached hydrogens (primary N) is 1. The van der Waals surface area contributed by atoms with Gasteiger partial charge in [0.2, 0.25) is 5.95 Å². The van der Waals surface area contributed by atoms with E-state index in [1.807, 2.05) is 25.1 Å². The normalized spacial score (nSPS) is 10.3. The first-order valence-electron chi connectivity index (χ1n) is 5.50. The van der Waals surface area contributed by atoms with E-state index in [9.17, 15) is 0 Å². The first-order valence-corrected chi connectivity index (χ1v) is 5.50. The molecule has 0 amide bonds. The third kappa shape index (κ3) is 2.53. The number of nitrogen functional groups attached to an aromatic ring is 1. The van der Waals surface area contributed by atoms with Crippen LogP contribution in [0, 0.1) is 20.8 Å². The Balaban J connectivity index is 2.34. The average molecular weight is 228 g/mol. The van der Waals surface area contributed by atoms with Crippen molar-refractivity contribution >= 4 is 17.5 Å². The van der Waals surface area contributed by atoms with Gasteiger partial charge in [-0.3, -0.25) is 0 Å². The van der Waals surface area contributed by atoms with Gasteiger partial charge in [0.15, 0.2) is 0 Å². The molecule has 4 nitrogen and oxygen atoms in total. The molecule has 0 spiro atoms. The monoisotopic (exact) mass is 228 g/mol. The number of aromatic nitrogens is 2. The summed E-state index contributed by atoms with van der Waals surface area (Å²) in [6.45, 7) is 6.06. The van der Waals surface area contributed by atoms with E-state index in [0.29, 0.717) is 0 Å². The van der Waals surface area contributed by atoms with Crippen LogP contribution in [0.2, 0.25) is 0 Å². The van der Waals surface area contributed by atoms with Crippen LogP contribution in [0.4, 0.5) is 17.5 Å². The van der Waals surface area contributed by atoms with Gasteiger partial charge in [-0.2, -0.15) is 4.98 Å². The zero-order valence-electron chi connectivity index (χ0n) is 10.3. The van der Waals surface area contributed by atoms with Crippen molar-refractivity contribution in [3.05, 3.63) is 41.1 Å². The summed E-state index contributed by atoms with van der Waals surface area (Å²) in [4.78, 5) is 8.20. The van der Waals surface area contributed by atoms with Gasteiger partial charge in [-0.1, -0.05) is 12.1 Å². The Morgan fingerprint density at radius 2 is 1.88 bits per heavy atom. The molecule has 0 aliphatic heterocycles. The molecule has 0 saturated carbocycles. The van der Waals surface area contributed by atoms with Crippen molar-refractivity contribution in [3.63, 3.8) is 0 Å². The molecule has 1 heterocycles. The fourth-order valence-corrected chi connectivity index (χ4v) is 1.68. The Morgan fingerprint density at radius 3 is 2.59 bits per heavy atom. The SMILES string of the molecule is Cc1cc(Nc2cccc(C)c2C)nc(N)n1. The summed E-state index contributed by atoms with van der Waals surface area (Å²) in [5.41, 5.74) is 9.97. The number of rotatable bonds is 2. The van der Waals surface area contributed by atoms with Crippen molar-refractivity contribution in [2.75, 3.05) is 11.1 Å². The molecule has 0 radical (unpaired) electrons. The van der Waals surface area contributed by atoms with E-state index in [4.69, 9.17) is 5.73 Å². The van der Waals surface area contributed by atoms with Gasteiger partial charge in [0, 0.05) is 17.4 Å². The summed E-state index contributed by atoms with van der Waals surface area (Å²) >= 11 is 0. The third-order valence-corrected chi connectivity index (χ3v) is 2.74. The molecule has 4 heteroatoms. The number of nitrogens with zero attached hydrogens (tertiary/aromatic N) is 2. The summed E-state index contributed by atoms with van der Waals surface area (Å²) in [6.07, 6.45) is 0. The molecule has 1 aromatic carbocycles. The topological polar surface area (TPSA) is 63.8 Å². The molecule has 88 valence electrons. The van der Waals surface area contributed by atoms with Crippen molar-refractivity contribution in [1.82, 2.24) is 9.97 Å². The molecule has 0 atom stereocenters. The van der Waals surface area contributed by atoms with Crippen LogP contribution in [0.25, 0.3) is 0 Å².